The standard InChI is InChI=1S/C15H25NO/c1-3-5-8-11-16-13-12-14(17-4-2)15(13)9-6-7-10-15/h1,13-14,16H,4-12H2,2H3. The van der Waals surface area contributed by atoms with Gasteiger partial charge in [0, 0.05) is 24.5 Å². The third-order valence-electron chi connectivity index (χ3n) is 4.58. The van der Waals surface area contributed by atoms with E-state index in [4.69, 9.17) is 11.2 Å². The molecule has 2 heteroatoms. The Kier molecular flexibility index (Phi) is 4.48. The molecule has 2 atom stereocenters. The number of hydrogen-bond acceptors (Lipinski definition) is 2. The summed E-state index contributed by atoms with van der Waals surface area (Å²) in [5.41, 5.74) is 0.464. The average molecular weight is 235 g/mol. The van der Waals surface area contributed by atoms with E-state index in [1.807, 2.05) is 0 Å². The van der Waals surface area contributed by atoms with Crippen molar-refractivity contribution in [1.29, 1.82) is 0 Å². The highest BCUT2D eigenvalue weighted by Gasteiger charge is 2.56. The Balaban J connectivity index is 1.81. The molecule has 1 N–H and O–H groups in total. The van der Waals surface area contributed by atoms with E-state index >= 15 is 0 Å². The SMILES string of the molecule is C#CCCCNC1CC(OCC)C12CCCC2. The van der Waals surface area contributed by atoms with Gasteiger partial charge in [-0.3, -0.25) is 0 Å². The number of ether oxygens (including phenoxy) is 1. The fourth-order valence-corrected chi connectivity index (χ4v) is 3.64. The highest BCUT2D eigenvalue weighted by molar-refractivity contribution is 5.09. The maximum absolute atomic E-state index is 5.90. The van der Waals surface area contributed by atoms with E-state index in [0.29, 0.717) is 17.6 Å². The second-order valence-electron chi connectivity index (χ2n) is 5.43. The summed E-state index contributed by atoms with van der Waals surface area (Å²) in [7, 11) is 0. The van der Waals surface area contributed by atoms with Crippen LogP contribution in [0.15, 0.2) is 0 Å². The normalized spacial score (nSPS) is 30.1. The van der Waals surface area contributed by atoms with Crippen molar-refractivity contribution in [3.63, 3.8) is 0 Å². The molecule has 2 fully saturated rings. The van der Waals surface area contributed by atoms with Crippen LogP contribution in [-0.4, -0.2) is 25.3 Å². The average Bonchev–Trinajstić information content (AvgIpc) is 2.84. The van der Waals surface area contributed by atoms with Gasteiger partial charge in [0.25, 0.3) is 0 Å². The van der Waals surface area contributed by atoms with Gasteiger partial charge in [0.15, 0.2) is 0 Å². The lowest BCUT2D eigenvalue weighted by Crippen LogP contribution is -2.62. The first-order valence-corrected chi connectivity index (χ1v) is 7.12. The third-order valence-corrected chi connectivity index (χ3v) is 4.58. The maximum atomic E-state index is 5.90. The first kappa shape index (κ1) is 12.9. The van der Waals surface area contributed by atoms with E-state index in [1.165, 1.54) is 32.1 Å². The molecule has 2 aliphatic rings. The largest absolute Gasteiger partial charge is 0.378 e. The molecule has 2 nitrogen and oxygen atoms in total. The lowest BCUT2D eigenvalue weighted by molar-refractivity contribution is -0.130. The van der Waals surface area contributed by atoms with Crippen LogP contribution in [0.2, 0.25) is 0 Å². The Morgan fingerprint density at radius 3 is 2.82 bits per heavy atom. The Bertz CT molecular complexity index is 275. The van der Waals surface area contributed by atoms with E-state index in [-0.39, 0.29) is 0 Å². The van der Waals surface area contributed by atoms with Gasteiger partial charge in [-0.25, -0.2) is 0 Å². The van der Waals surface area contributed by atoms with Crippen LogP contribution in [0.4, 0.5) is 0 Å². The van der Waals surface area contributed by atoms with Crippen LogP contribution in [0.25, 0.3) is 0 Å². The molecule has 2 unspecified atom stereocenters. The lowest BCUT2D eigenvalue weighted by atomic mass is 9.60. The molecule has 0 aromatic carbocycles. The maximum Gasteiger partial charge on any atom is 0.0661 e. The molecule has 96 valence electrons. The Morgan fingerprint density at radius 2 is 2.18 bits per heavy atom. The third kappa shape index (κ3) is 2.51. The van der Waals surface area contributed by atoms with Gasteiger partial charge >= 0.3 is 0 Å². The molecule has 0 heterocycles. The molecule has 0 aliphatic heterocycles. The quantitative estimate of drug-likeness (QED) is 0.564. The molecule has 0 aromatic rings. The summed E-state index contributed by atoms with van der Waals surface area (Å²) in [5.74, 6) is 2.70. The fraction of sp³-hybridized carbons (Fsp3) is 0.867. The summed E-state index contributed by atoms with van der Waals surface area (Å²) in [6.07, 6.45) is 14.4. The van der Waals surface area contributed by atoms with Crippen LogP contribution in [0.3, 0.4) is 0 Å². The smallest absolute Gasteiger partial charge is 0.0661 e. The van der Waals surface area contributed by atoms with Crippen LogP contribution in [-0.2, 0) is 4.74 Å². The van der Waals surface area contributed by atoms with Crippen LogP contribution in [0.1, 0.15) is 51.9 Å². The number of unbranched alkanes of at least 4 members (excludes halogenated alkanes) is 1. The molecule has 0 bridgehead atoms. The predicted octanol–water partition coefficient (Wildman–Crippen LogP) is 2.73. The molecule has 1 spiro atoms. The van der Waals surface area contributed by atoms with E-state index in [9.17, 15) is 0 Å². The van der Waals surface area contributed by atoms with Crippen LogP contribution >= 0.6 is 0 Å². The van der Waals surface area contributed by atoms with Gasteiger partial charge in [-0.05, 0) is 39.2 Å². The monoisotopic (exact) mass is 235 g/mol. The minimum absolute atomic E-state index is 0.464. The fourth-order valence-electron chi connectivity index (χ4n) is 3.64. The van der Waals surface area contributed by atoms with Crippen molar-refractivity contribution >= 4 is 0 Å². The summed E-state index contributed by atoms with van der Waals surface area (Å²) in [5, 5.41) is 3.70. The molecule has 2 saturated carbocycles. The van der Waals surface area contributed by atoms with Gasteiger partial charge < -0.3 is 10.1 Å². The van der Waals surface area contributed by atoms with Crippen molar-refractivity contribution in [2.45, 2.75) is 64.0 Å². The zero-order valence-corrected chi connectivity index (χ0v) is 11.0. The zero-order chi connectivity index (χ0) is 12.1. The molecule has 0 aromatic heterocycles. The molecule has 2 aliphatic carbocycles. The molecule has 0 amide bonds. The first-order valence-electron chi connectivity index (χ1n) is 7.12. The van der Waals surface area contributed by atoms with Gasteiger partial charge in [0.05, 0.1) is 6.10 Å². The highest BCUT2D eigenvalue weighted by Crippen LogP contribution is 2.54. The number of nitrogens with one attached hydrogen (secondary N) is 1. The molecule has 2 rings (SSSR count). The molecule has 17 heavy (non-hydrogen) atoms. The second-order valence-corrected chi connectivity index (χ2v) is 5.43. The number of terminal acetylenes is 1. The summed E-state index contributed by atoms with van der Waals surface area (Å²) < 4.78 is 5.90. The van der Waals surface area contributed by atoms with E-state index in [0.717, 1.165) is 26.0 Å². The summed E-state index contributed by atoms with van der Waals surface area (Å²) in [4.78, 5) is 0. The number of hydrogen-bond donors (Lipinski definition) is 1. The van der Waals surface area contributed by atoms with Crippen LogP contribution in [0.5, 0.6) is 0 Å². The van der Waals surface area contributed by atoms with Gasteiger partial charge in [0.1, 0.15) is 0 Å². The van der Waals surface area contributed by atoms with E-state index in [2.05, 4.69) is 18.2 Å². The zero-order valence-electron chi connectivity index (χ0n) is 11.0. The number of rotatable bonds is 6. The second kappa shape index (κ2) is 5.89. The van der Waals surface area contributed by atoms with Crippen LogP contribution < -0.4 is 5.32 Å². The van der Waals surface area contributed by atoms with Crippen molar-refractivity contribution < 1.29 is 4.74 Å². The van der Waals surface area contributed by atoms with Gasteiger partial charge in [-0.15, -0.1) is 12.3 Å². The Labute approximate surface area is 105 Å². The highest BCUT2D eigenvalue weighted by atomic mass is 16.5. The van der Waals surface area contributed by atoms with Crippen molar-refractivity contribution in [1.82, 2.24) is 5.32 Å². The molecule has 0 radical (unpaired) electrons. The molecular formula is C15H25NO. The van der Waals surface area contributed by atoms with Crippen molar-refractivity contribution in [3.05, 3.63) is 0 Å². The Hall–Kier alpha value is -0.520. The minimum atomic E-state index is 0.464. The van der Waals surface area contributed by atoms with Crippen LogP contribution in [0, 0.1) is 17.8 Å². The minimum Gasteiger partial charge on any atom is -0.378 e. The topological polar surface area (TPSA) is 21.3 Å². The van der Waals surface area contributed by atoms with Gasteiger partial charge in [-0.2, -0.15) is 0 Å². The summed E-state index contributed by atoms with van der Waals surface area (Å²) >= 11 is 0. The van der Waals surface area contributed by atoms with Gasteiger partial charge in [-0.1, -0.05) is 12.8 Å². The molecular weight excluding hydrogens is 210 g/mol. The van der Waals surface area contributed by atoms with E-state index < -0.39 is 0 Å². The Morgan fingerprint density at radius 1 is 1.41 bits per heavy atom. The van der Waals surface area contributed by atoms with Crippen molar-refractivity contribution in [2.24, 2.45) is 5.41 Å². The molecule has 0 saturated heterocycles. The lowest BCUT2D eigenvalue weighted by Gasteiger charge is -2.54. The predicted molar refractivity (Wildman–Crippen MR) is 70.8 cm³/mol. The summed E-state index contributed by atoms with van der Waals surface area (Å²) in [6.45, 7) is 4.03. The summed E-state index contributed by atoms with van der Waals surface area (Å²) in [6, 6.07) is 0.680. The van der Waals surface area contributed by atoms with Crippen molar-refractivity contribution in [3.8, 4) is 12.3 Å². The van der Waals surface area contributed by atoms with Gasteiger partial charge in [0.2, 0.25) is 0 Å². The first-order chi connectivity index (χ1) is 8.33. The van der Waals surface area contributed by atoms with Crippen molar-refractivity contribution in [2.75, 3.05) is 13.2 Å². The van der Waals surface area contributed by atoms with E-state index in [1.54, 1.807) is 0 Å².